The lowest BCUT2D eigenvalue weighted by atomic mass is 10.0. The molecule has 0 radical (unpaired) electrons. The van der Waals surface area contributed by atoms with E-state index in [0.29, 0.717) is 0 Å². The van der Waals surface area contributed by atoms with E-state index < -0.39 is 11.8 Å². The van der Waals surface area contributed by atoms with Gasteiger partial charge in [0.1, 0.15) is 5.82 Å². The van der Waals surface area contributed by atoms with Gasteiger partial charge in [0.2, 0.25) is 0 Å². The van der Waals surface area contributed by atoms with Crippen molar-refractivity contribution in [3.63, 3.8) is 0 Å². The second-order valence-corrected chi connectivity index (χ2v) is 4.80. The smallest absolute Gasteiger partial charge is 0.338 e. The van der Waals surface area contributed by atoms with Crippen LogP contribution in [0.4, 0.5) is 4.39 Å². The summed E-state index contributed by atoms with van der Waals surface area (Å²) < 4.78 is 18.1. The molecule has 0 heterocycles. The summed E-state index contributed by atoms with van der Waals surface area (Å²) in [5.74, 6) is -1.43. The van der Waals surface area contributed by atoms with Crippen molar-refractivity contribution in [2.75, 3.05) is 7.11 Å². The van der Waals surface area contributed by atoms with Crippen molar-refractivity contribution in [1.29, 1.82) is 0 Å². The first-order valence-electron chi connectivity index (χ1n) is 5.16. The topological polar surface area (TPSA) is 43.4 Å². The maximum atomic E-state index is 13.4. The average Bonchev–Trinajstić information content (AvgIpc) is 3.14. The Hall–Kier alpha value is -1.23. The summed E-state index contributed by atoms with van der Waals surface area (Å²) >= 11 is 3.01. The van der Waals surface area contributed by atoms with Gasteiger partial charge in [-0.15, -0.1) is 0 Å². The lowest BCUT2D eigenvalue weighted by molar-refractivity contribution is 0.0596. The van der Waals surface area contributed by atoms with Crippen LogP contribution in [0.5, 0.6) is 0 Å². The molecule has 0 aromatic heterocycles. The molecule has 5 heteroatoms. The highest BCUT2D eigenvalue weighted by Gasteiger charge is 2.33. The maximum absolute atomic E-state index is 13.4. The number of rotatable bonds is 3. The van der Waals surface area contributed by atoms with E-state index in [1.165, 1.54) is 13.2 Å². The quantitative estimate of drug-likeness (QED) is 0.637. The molecule has 1 saturated carbocycles. The minimum atomic E-state index is -0.694. The minimum absolute atomic E-state index is 0.00917. The molecule has 0 atom stereocenters. The first-order chi connectivity index (χ1) is 8.04. The van der Waals surface area contributed by atoms with Crippen LogP contribution in [0, 0.1) is 11.7 Å². The van der Waals surface area contributed by atoms with E-state index in [1.54, 1.807) is 0 Å². The van der Waals surface area contributed by atoms with Gasteiger partial charge in [-0.05, 0) is 40.9 Å². The highest BCUT2D eigenvalue weighted by molar-refractivity contribution is 9.10. The minimum Gasteiger partial charge on any atom is -0.465 e. The molecule has 0 unspecified atom stereocenters. The number of esters is 1. The Morgan fingerprint density at radius 1 is 1.35 bits per heavy atom. The Labute approximate surface area is 106 Å². The van der Waals surface area contributed by atoms with Gasteiger partial charge in [-0.1, -0.05) is 0 Å². The molecule has 1 aliphatic rings. The van der Waals surface area contributed by atoms with Gasteiger partial charge >= 0.3 is 5.97 Å². The Morgan fingerprint density at radius 2 is 2.00 bits per heavy atom. The highest BCUT2D eigenvalue weighted by Crippen LogP contribution is 2.34. The molecule has 1 fully saturated rings. The predicted octanol–water partition coefficient (Wildman–Crippen LogP) is 2.97. The number of halogens is 2. The number of carbonyl (C=O) groups is 2. The molecule has 17 heavy (non-hydrogen) atoms. The molecule has 90 valence electrons. The number of Topliss-reactive ketones (excluding diaryl/α,β-unsaturated/α-hetero) is 1. The van der Waals surface area contributed by atoms with E-state index in [9.17, 15) is 14.0 Å². The zero-order valence-electron chi connectivity index (χ0n) is 9.13. The van der Waals surface area contributed by atoms with E-state index >= 15 is 0 Å². The van der Waals surface area contributed by atoms with Crippen LogP contribution in [-0.2, 0) is 4.74 Å². The number of hydrogen-bond acceptors (Lipinski definition) is 3. The molecule has 0 spiro atoms. The molecule has 3 nitrogen and oxygen atoms in total. The molecular formula is C12H10BrFO3. The maximum Gasteiger partial charge on any atom is 0.338 e. The molecule has 1 aromatic carbocycles. The summed E-state index contributed by atoms with van der Waals surface area (Å²) in [7, 11) is 1.20. The van der Waals surface area contributed by atoms with Crippen LogP contribution in [0.3, 0.4) is 0 Å². The van der Waals surface area contributed by atoms with Crippen molar-refractivity contribution in [2.24, 2.45) is 5.92 Å². The zero-order chi connectivity index (χ0) is 12.6. The molecule has 0 saturated heterocycles. The van der Waals surface area contributed by atoms with Gasteiger partial charge in [0.15, 0.2) is 5.78 Å². The van der Waals surface area contributed by atoms with Crippen molar-refractivity contribution >= 4 is 27.7 Å². The van der Waals surface area contributed by atoms with E-state index in [2.05, 4.69) is 20.7 Å². The van der Waals surface area contributed by atoms with Crippen molar-refractivity contribution in [3.05, 3.63) is 33.5 Å². The highest BCUT2D eigenvalue weighted by atomic mass is 79.9. The van der Waals surface area contributed by atoms with Gasteiger partial charge in [-0.2, -0.15) is 0 Å². The van der Waals surface area contributed by atoms with Crippen LogP contribution in [0.2, 0.25) is 0 Å². The molecule has 2 rings (SSSR count). The fourth-order valence-corrected chi connectivity index (χ4v) is 1.94. The van der Waals surface area contributed by atoms with Crippen LogP contribution in [0.25, 0.3) is 0 Å². The largest absolute Gasteiger partial charge is 0.465 e. The van der Waals surface area contributed by atoms with Gasteiger partial charge in [0.25, 0.3) is 0 Å². The number of carbonyl (C=O) groups excluding carboxylic acids is 2. The summed E-state index contributed by atoms with van der Waals surface area (Å²) in [4.78, 5) is 23.4. The lowest BCUT2D eigenvalue weighted by Gasteiger charge is -2.08. The van der Waals surface area contributed by atoms with Crippen molar-refractivity contribution < 1.29 is 18.7 Å². The summed E-state index contributed by atoms with van der Waals surface area (Å²) in [5.41, 5.74) is 0.220. The van der Waals surface area contributed by atoms with Crippen molar-refractivity contribution in [2.45, 2.75) is 12.8 Å². The SMILES string of the molecule is COC(=O)c1cc(F)c(Br)cc1C(=O)C1CC1. The molecule has 0 bridgehead atoms. The van der Waals surface area contributed by atoms with Gasteiger partial charge in [-0.25, -0.2) is 9.18 Å². The lowest BCUT2D eigenvalue weighted by Crippen LogP contribution is -2.12. The summed E-state index contributed by atoms with van der Waals surface area (Å²) in [5, 5.41) is 0. The number of ether oxygens (including phenoxy) is 1. The first-order valence-corrected chi connectivity index (χ1v) is 5.95. The Bertz CT molecular complexity index is 495. The van der Waals surface area contributed by atoms with E-state index in [-0.39, 0.29) is 27.3 Å². The number of methoxy groups -OCH3 is 1. The molecule has 1 aliphatic carbocycles. The third kappa shape index (κ3) is 2.39. The Kier molecular flexibility index (Phi) is 3.28. The van der Waals surface area contributed by atoms with Crippen molar-refractivity contribution in [1.82, 2.24) is 0 Å². The standard InChI is InChI=1S/C12H10BrFO3/c1-17-12(16)8-5-10(14)9(13)4-7(8)11(15)6-2-3-6/h4-6H,2-3H2,1H3. The van der Waals surface area contributed by atoms with Gasteiger partial charge in [0.05, 0.1) is 17.1 Å². The monoisotopic (exact) mass is 300 g/mol. The fraction of sp³-hybridized carbons (Fsp3) is 0.333. The Balaban J connectivity index is 2.50. The molecule has 0 N–H and O–H groups in total. The van der Waals surface area contributed by atoms with Crippen LogP contribution >= 0.6 is 15.9 Å². The van der Waals surface area contributed by atoms with Crippen LogP contribution in [-0.4, -0.2) is 18.9 Å². The van der Waals surface area contributed by atoms with Crippen LogP contribution in [0.1, 0.15) is 33.6 Å². The van der Waals surface area contributed by atoms with Crippen LogP contribution in [0.15, 0.2) is 16.6 Å². The van der Waals surface area contributed by atoms with E-state index in [0.717, 1.165) is 18.9 Å². The normalized spacial score (nSPS) is 14.5. The summed E-state index contributed by atoms with van der Waals surface area (Å²) in [6.07, 6.45) is 1.66. The van der Waals surface area contributed by atoms with E-state index in [4.69, 9.17) is 0 Å². The zero-order valence-corrected chi connectivity index (χ0v) is 10.7. The Morgan fingerprint density at radius 3 is 2.53 bits per heavy atom. The third-order valence-corrected chi connectivity index (χ3v) is 3.29. The fourth-order valence-electron chi connectivity index (χ4n) is 1.59. The molecule has 0 amide bonds. The van der Waals surface area contributed by atoms with Gasteiger partial charge in [-0.3, -0.25) is 4.79 Å². The molecule has 0 aliphatic heterocycles. The summed E-state index contributed by atoms with van der Waals surface area (Å²) in [6.45, 7) is 0. The second-order valence-electron chi connectivity index (χ2n) is 3.94. The number of benzene rings is 1. The van der Waals surface area contributed by atoms with Gasteiger partial charge < -0.3 is 4.74 Å². The van der Waals surface area contributed by atoms with Crippen LogP contribution < -0.4 is 0 Å². The first kappa shape index (κ1) is 12.2. The third-order valence-electron chi connectivity index (χ3n) is 2.68. The average molecular weight is 301 g/mol. The number of hydrogen-bond donors (Lipinski definition) is 0. The predicted molar refractivity (Wildman–Crippen MR) is 62.5 cm³/mol. The second kappa shape index (κ2) is 4.56. The van der Waals surface area contributed by atoms with Crippen molar-refractivity contribution in [3.8, 4) is 0 Å². The molecule has 1 aromatic rings. The number of ketones is 1. The van der Waals surface area contributed by atoms with Gasteiger partial charge in [0, 0.05) is 11.5 Å². The molecular weight excluding hydrogens is 291 g/mol. The van der Waals surface area contributed by atoms with E-state index in [1.807, 2.05) is 0 Å². The summed E-state index contributed by atoms with van der Waals surface area (Å²) in [6, 6.07) is 2.38.